The molecule has 2 aromatic rings. The van der Waals surface area contributed by atoms with Gasteiger partial charge >= 0.3 is 0 Å². The Labute approximate surface area is 130 Å². The van der Waals surface area contributed by atoms with E-state index in [1.807, 2.05) is 23.7 Å². The van der Waals surface area contributed by atoms with Crippen molar-refractivity contribution < 1.29 is 9.84 Å². The quantitative estimate of drug-likeness (QED) is 0.942. The lowest BCUT2D eigenvalue weighted by Gasteiger charge is -2.23. The molecular formula is C17H23N3O2. The third-order valence-corrected chi connectivity index (χ3v) is 4.48. The molecule has 1 aromatic carbocycles. The highest BCUT2D eigenvalue weighted by atomic mass is 16.5. The first-order valence-corrected chi connectivity index (χ1v) is 7.95. The van der Waals surface area contributed by atoms with Crippen LogP contribution in [-0.2, 0) is 6.61 Å². The van der Waals surface area contributed by atoms with Gasteiger partial charge in [-0.2, -0.15) is 0 Å². The highest BCUT2D eigenvalue weighted by Gasteiger charge is 2.25. The smallest absolute Gasteiger partial charge is 0.144 e. The molecule has 0 aliphatic heterocycles. The molecule has 0 amide bonds. The van der Waals surface area contributed by atoms with E-state index in [0.717, 1.165) is 35.5 Å². The highest BCUT2D eigenvalue weighted by Crippen LogP contribution is 2.36. The van der Waals surface area contributed by atoms with Crippen LogP contribution >= 0.6 is 0 Å². The Bertz CT molecular complexity index is 645. The van der Waals surface area contributed by atoms with E-state index in [0.29, 0.717) is 11.6 Å². The summed E-state index contributed by atoms with van der Waals surface area (Å²) in [7, 11) is 1.67. The summed E-state index contributed by atoms with van der Waals surface area (Å²) in [6.45, 7) is 1.98. The molecule has 0 saturated heterocycles. The first-order chi connectivity index (χ1) is 10.7. The number of aliphatic hydroxyl groups is 1. The van der Waals surface area contributed by atoms with Crippen molar-refractivity contribution in [2.24, 2.45) is 0 Å². The van der Waals surface area contributed by atoms with Crippen LogP contribution in [0.5, 0.6) is 5.75 Å². The number of aromatic nitrogens is 3. The van der Waals surface area contributed by atoms with Gasteiger partial charge in [-0.15, -0.1) is 5.10 Å². The number of hydrogen-bond donors (Lipinski definition) is 1. The summed E-state index contributed by atoms with van der Waals surface area (Å²) < 4.78 is 7.36. The fourth-order valence-electron chi connectivity index (χ4n) is 3.36. The molecule has 0 bridgehead atoms. The van der Waals surface area contributed by atoms with Gasteiger partial charge in [0.25, 0.3) is 0 Å². The molecule has 0 radical (unpaired) electrons. The number of hydrogen-bond acceptors (Lipinski definition) is 4. The summed E-state index contributed by atoms with van der Waals surface area (Å²) in [6.07, 6.45) is 6.01. The standard InChI is InChI=1S/C17H23N3O2/c1-12-8-9-16(22-2)15(10-12)20-17(14(11-21)18-19-20)13-6-4-3-5-7-13/h8-10,13,21H,3-7,11H2,1-2H3. The maximum atomic E-state index is 9.64. The largest absolute Gasteiger partial charge is 0.494 e. The maximum absolute atomic E-state index is 9.64. The van der Waals surface area contributed by atoms with E-state index in [4.69, 9.17) is 4.74 Å². The van der Waals surface area contributed by atoms with Crippen molar-refractivity contribution in [3.63, 3.8) is 0 Å². The zero-order chi connectivity index (χ0) is 15.5. The Kier molecular flexibility index (Phi) is 4.43. The van der Waals surface area contributed by atoms with Crippen molar-refractivity contribution in [3.8, 4) is 11.4 Å². The van der Waals surface area contributed by atoms with Crippen LogP contribution in [-0.4, -0.2) is 27.2 Å². The van der Waals surface area contributed by atoms with E-state index in [9.17, 15) is 5.11 Å². The Balaban J connectivity index is 2.11. The molecule has 1 fully saturated rings. The average Bonchev–Trinajstić information content (AvgIpc) is 2.99. The fourth-order valence-corrected chi connectivity index (χ4v) is 3.36. The molecule has 1 aliphatic carbocycles. The van der Waals surface area contributed by atoms with Crippen molar-refractivity contribution in [2.75, 3.05) is 7.11 Å². The number of nitrogens with zero attached hydrogens (tertiary/aromatic N) is 3. The monoisotopic (exact) mass is 301 g/mol. The van der Waals surface area contributed by atoms with Gasteiger partial charge in [0.05, 0.1) is 19.4 Å². The molecule has 1 N–H and O–H groups in total. The van der Waals surface area contributed by atoms with Crippen molar-refractivity contribution in [3.05, 3.63) is 35.2 Å². The Hall–Kier alpha value is -1.88. The van der Waals surface area contributed by atoms with Gasteiger partial charge in [-0.05, 0) is 37.5 Å². The second-order valence-electron chi connectivity index (χ2n) is 6.00. The Morgan fingerprint density at radius 3 is 2.73 bits per heavy atom. The molecule has 1 aromatic heterocycles. The molecule has 0 atom stereocenters. The van der Waals surface area contributed by atoms with Crippen molar-refractivity contribution >= 4 is 0 Å². The zero-order valence-electron chi connectivity index (χ0n) is 13.2. The Morgan fingerprint density at radius 1 is 1.27 bits per heavy atom. The van der Waals surface area contributed by atoms with Gasteiger partial charge in [-0.1, -0.05) is 30.5 Å². The van der Waals surface area contributed by atoms with Crippen LogP contribution in [0.3, 0.4) is 0 Å². The van der Waals surface area contributed by atoms with Gasteiger partial charge in [-0.3, -0.25) is 0 Å². The van der Waals surface area contributed by atoms with Crippen molar-refractivity contribution in [2.45, 2.75) is 51.6 Å². The summed E-state index contributed by atoms with van der Waals surface area (Å²) in [6, 6.07) is 6.03. The first kappa shape index (κ1) is 15.0. The number of aliphatic hydroxyl groups excluding tert-OH is 1. The minimum absolute atomic E-state index is 0.0695. The second-order valence-corrected chi connectivity index (χ2v) is 6.00. The molecule has 1 heterocycles. The van der Waals surface area contributed by atoms with E-state index < -0.39 is 0 Å². The number of aryl methyl sites for hydroxylation is 1. The van der Waals surface area contributed by atoms with Gasteiger partial charge in [0, 0.05) is 5.92 Å². The number of rotatable bonds is 4. The van der Waals surface area contributed by atoms with Crippen molar-refractivity contribution in [1.82, 2.24) is 15.0 Å². The van der Waals surface area contributed by atoms with Gasteiger partial charge < -0.3 is 9.84 Å². The zero-order valence-corrected chi connectivity index (χ0v) is 13.2. The molecule has 5 nitrogen and oxygen atoms in total. The predicted octanol–water partition coefficient (Wildman–Crippen LogP) is 3.12. The lowest BCUT2D eigenvalue weighted by molar-refractivity contribution is 0.273. The molecular weight excluding hydrogens is 278 g/mol. The van der Waals surface area contributed by atoms with Crippen LogP contribution in [0, 0.1) is 6.92 Å². The lowest BCUT2D eigenvalue weighted by Crippen LogP contribution is -2.13. The summed E-state index contributed by atoms with van der Waals surface area (Å²) >= 11 is 0. The molecule has 1 saturated carbocycles. The minimum atomic E-state index is -0.0695. The van der Waals surface area contributed by atoms with Crippen molar-refractivity contribution in [1.29, 1.82) is 0 Å². The molecule has 3 rings (SSSR count). The molecule has 5 heteroatoms. The van der Waals surface area contributed by atoms with Gasteiger partial charge in [0.2, 0.25) is 0 Å². The molecule has 1 aliphatic rings. The SMILES string of the molecule is COc1ccc(C)cc1-n1nnc(CO)c1C1CCCCC1. The highest BCUT2D eigenvalue weighted by molar-refractivity contribution is 5.49. The average molecular weight is 301 g/mol. The summed E-state index contributed by atoms with van der Waals surface area (Å²) in [4.78, 5) is 0. The van der Waals surface area contributed by atoms with Crippen LogP contribution in [0.4, 0.5) is 0 Å². The van der Waals surface area contributed by atoms with Gasteiger partial charge in [0.15, 0.2) is 0 Å². The van der Waals surface area contributed by atoms with E-state index in [1.54, 1.807) is 7.11 Å². The second kappa shape index (κ2) is 6.48. The predicted molar refractivity (Wildman–Crippen MR) is 84.4 cm³/mol. The van der Waals surface area contributed by atoms with Gasteiger partial charge in [0.1, 0.15) is 17.1 Å². The number of methoxy groups -OCH3 is 1. The van der Waals surface area contributed by atoms with Crippen LogP contribution < -0.4 is 4.74 Å². The van der Waals surface area contributed by atoms with Crippen LogP contribution in [0.25, 0.3) is 5.69 Å². The summed E-state index contributed by atoms with van der Waals surface area (Å²) in [5, 5.41) is 18.2. The summed E-state index contributed by atoms with van der Waals surface area (Å²) in [5.74, 6) is 1.19. The van der Waals surface area contributed by atoms with E-state index >= 15 is 0 Å². The number of ether oxygens (including phenoxy) is 1. The third kappa shape index (κ3) is 2.73. The van der Waals surface area contributed by atoms with E-state index in [-0.39, 0.29) is 6.61 Å². The number of benzene rings is 1. The molecule has 0 unspecified atom stereocenters. The topological polar surface area (TPSA) is 60.2 Å². The maximum Gasteiger partial charge on any atom is 0.144 e. The molecule has 0 spiro atoms. The first-order valence-electron chi connectivity index (χ1n) is 7.95. The minimum Gasteiger partial charge on any atom is -0.494 e. The van der Waals surface area contributed by atoms with Gasteiger partial charge in [-0.25, -0.2) is 4.68 Å². The van der Waals surface area contributed by atoms with Crippen LogP contribution in [0.2, 0.25) is 0 Å². The third-order valence-electron chi connectivity index (χ3n) is 4.48. The molecule has 22 heavy (non-hydrogen) atoms. The normalized spacial score (nSPS) is 16.0. The fraction of sp³-hybridized carbons (Fsp3) is 0.529. The van der Waals surface area contributed by atoms with E-state index in [1.165, 1.54) is 19.3 Å². The summed E-state index contributed by atoms with van der Waals surface area (Å²) in [5.41, 5.74) is 3.78. The van der Waals surface area contributed by atoms with Crippen LogP contribution in [0.1, 0.15) is 55.0 Å². The Morgan fingerprint density at radius 2 is 2.05 bits per heavy atom. The molecule has 118 valence electrons. The van der Waals surface area contributed by atoms with E-state index in [2.05, 4.69) is 16.4 Å². The lowest BCUT2D eigenvalue weighted by atomic mass is 9.86. The van der Waals surface area contributed by atoms with Crippen LogP contribution in [0.15, 0.2) is 18.2 Å².